The number of benzene rings is 2. The number of halogens is 2. The molecule has 0 radical (unpaired) electrons. The number of carbonyl (C=O) groups excluding carboxylic acids is 2. The summed E-state index contributed by atoms with van der Waals surface area (Å²) in [5, 5.41) is 3.83. The molecule has 0 aliphatic carbocycles. The topological polar surface area (TPSA) is 49.4 Å². The molecule has 118 valence electrons. The molecule has 1 heterocycles. The highest BCUT2D eigenvalue weighted by atomic mass is 35.5. The van der Waals surface area contributed by atoms with Crippen LogP contribution in [0.25, 0.3) is 0 Å². The molecule has 1 aliphatic rings. The molecule has 0 unspecified atom stereocenters. The maximum atomic E-state index is 12.6. The van der Waals surface area contributed by atoms with Crippen LogP contribution in [0.2, 0.25) is 10.0 Å². The van der Waals surface area contributed by atoms with Crippen LogP contribution >= 0.6 is 23.2 Å². The Kier molecular flexibility index (Phi) is 4.28. The van der Waals surface area contributed by atoms with Crippen molar-refractivity contribution in [3.8, 4) is 0 Å². The maximum absolute atomic E-state index is 12.6. The number of para-hydroxylation sites is 1. The number of hydrogen-bond donors (Lipinski definition) is 1. The van der Waals surface area contributed by atoms with Gasteiger partial charge in [-0.3, -0.25) is 9.59 Å². The third-order valence-corrected chi connectivity index (χ3v) is 4.52. The zero-order valence-electron chi connectivity index (χ0n) is 12.3. The molecule has 3 rings (SSSR count). The van der Waals surface area contributed by atoms with Gasteiger partial charge in [0.2, 0.25) is 5.91 Å². The number of aryl methyl sites for hydroxylation is 1. The van der Waals surface area contributed by atoms with Gasteiger partial charge >= 0.3 is 0 Å². The van der Waals surface area contributed by atoms with Crippen molar-refractivity contribution in [3.63, 3.8) is 0 Å². The number of nitrogens with zero attached hydrogens (tertiary/aromatic N) is 1. The molecule has 1 atom stereocenters. The van der Waals surface area contributed by atoms with Crippen molar-refractivity contribution < 1.29 is 9.59 Å². The average molecular weight is 349 g/mol. The summed E-state index contributed by atoms with van der Waals surface area (Å²) in [5.41, 5.74) is 2.29. The van der Waals surface area contributed by atoms with Gasteiger partial charge in [0.25, 0.3) is 5.91 Å². The minimum Gasteiger partial charge on any atom is -0.373 e. The summed E-state index contributed by atoms with van der Waals surface area (Å²) in [6.45, 7) is 1.94. The van der Waals surface area contributed by atoms with E-state index >= 15 is 0 Å². The Morgan fingerprint density at radius 3 is 2.52 bits per heavy atom. The lowest BCUT2D eigenvalue weighted by Crippen LogP contribution is -2.34. The van der Waals surface area contributed by atoms with E-state index in [9.17, 15) is 9.59 Å². The van der Waals surface area contributed by atoms with Crippen LogP contribution in [0.3, 0.4) is 0 Å². The molecule has 6 heteroatoms. The van der Waals surface area contributed by atoms with Gasteiger partial charge in [-0.25, -0.2) is 4.90 Å². The van der Waals surface area contributed by atoms with Gasteiger partial charge in [0.1, 0.15) is 6.04 Å². The Bertz CT molecular complexity index is 792. The maximum Gasteiger partial charge on any atom is 0.256 e. The van der Waals surface area contributed by atoms with Crippen LogP contribution in [-0.2, 0) is 9.59 Å². The molecular formula is C17H14Cl2N2O2. The van der Waals surface area contributed by atoms with Gasteiger partial charge in [0.05, 0.1) is 22.2 Å². The van der Waals surface area contributed by atoms with Crippen LogP contribution in [0.1, 0.15) is 12.0 Å². The molecule has 0 saturated carbocycles. The molecule has 0 aromatic heterocycles. The van der Waals surface area contributed by atoms with E-state index in [-0.39, 0.29) is 18.2 Å². The normalized spacial score (nSPS) is 17.7. The molecule has 1 fully saturated rings. The number of rotatable bonds is 3. The van der Waals surface area contributed by atoms with E-state index in [0.717, 1.165) is 16.2 Å². The number of hydrogen-bond acceptors (Lipinski definition) is 3. The molecule has 23 heavy (non-hydrogen) atoms. The fourth-order valence-electron chi connectivity index (χ4n) is 2.56. The van der Waals surface area contributed by atoms with Crippen LogP contribution < -0.4 is 10.2 Å². The van der Waals surface area contributed by atoms with Gasteiger partial charge in [-0.15, -0.1) is 0 Å². The Morgan fingerprint density at radius 2 is 1.83 bits per heavy atom. The molecule has 0 bridgehead atoms. The molecule has 2 aromatic rings. The summed E-state index contributed by atoms with van der Waals surface area (Å²) >= 11 is 11.9. The van der Waals surface area contributed by atoms with Crippen LogP contribution in [-0.4, -0.2) is 17.9 Å². The lowest BCUT2D eigenvalue weighted by Gasteiger charge is -2.17. The first-order valence-corrected chi connectivity index (χ1v) is 7.87. The highest BCUT2D eigenvalue weighted by Gasteiger charge is 2.39. The summed E-state index contributed by atoms with van der Waals surface area (Å²) in [6, 6.07) is 11.8. The first-order valence-electron chi connectivity index (χ1n) is 7.11. The number of carbonyl (C=O) groups is 2. The van der Waals surface area contributed by atoms with Crippen LogP contribution in [0.4, 0.5) is 11.4 Å². The minimum absolute atomic E-state index is 0.105. The lowest BCUT2D eigenvalue weighted by atomic mass is 10.1. The van der Waals surface area contributed by atoms with E-state index in [2.05, 4.69) is 5.32 Å². The summed E-state index contributed by atoms with van der Waals surface area (Å²) in [6.07, 6.45) is 0.105. The van der Waals surface area contributed by atoms with Gasteiger partial charge in [-0.1, -0.05) is 41.4 Å². The van der Waals surface area contributed by atoms with Crippen molar-refractivity contribution in [1.29, 1.82) is 0 Å². The molecule has 1 saturated heterocycles. The third kappa shape index (κ3) is 3.05. The SMILES string of the molecule is Cc1ccccc1N[C@H]1CC(=O)N(c2ccc(Cl)c(Cl)c2)C1=O. The Balaban J connectivity index is 1.85. The second kappa shape index (κ2) is 6.22. The zero-order valence-corrected chi connectivity index (χ0v) is 13.9. The molecule has 2 aromatic carbocycles. The van der Waals surface area contributed by atoms with E-state index in [1.165, 1.54) is 6.07 Å². The highest BCUT2D eigenvalue weighted by Crippen LogP contribution is 2.31. The fourth-order valence-corrected chi connectivity index (χ4v) is 2.85. The van der Waals surface area contributed by atoms with E-state index in [4.69, 9.17) is 23.2 Å². The number of amides is 2. The van der Waals surface area contributed by atoms with Crippen molar-refractivity contribution in [2.45, 2.75) is 19.4 Å². The Morgan fingerprint density at radius 1 is 1.09 bits per heavy atom. The van der Waals surface area contributed by atoms with Gasteiger partial charge in [0, 0.05) is 5.69 Å². The molecule has 0 spiro atoms. The number of nitrogens with one attached hydrogen (secondary N) is 1. The van der Waals surface area contributed by atoms with E-state index in [0.29, 0.717) is 15.7 Å². The predicted molar refractivity (Wildman–Crippen MR) is 92.2 cm³/mol. The van der Waals surface area contributed by atoms with Crippen molar-refractivity contribution in [3.05, 3.63) is 58.1 Å². The Labute approximate surface area is 144 Å². The minimum atomic E-state index is -0.585. The smallest absolute Gasteiger partial charge is 0.256 e. The van der Waals surface area contributed by atoms with Crippen LogP contribution in [0.5, 0.6) is 0 Å². The van der Waals surface area contributed by atoms with Crippen LogP contribution in [0.15, 0.2) is 42.5 Å². The van der Waals surface area contributed by atoms with Gasteiger partial charge in [-0.05, 0) is 36.8 Å². The second-order valence-electron chi connectivity index (χ2n) is 5.38. The van der Waals surface area contributed by atoms with Crippen molar-refractivity contribution in [2.75, 3.05) is 10.2 Å². The summed E-state index contributed by atoms with van der Waals surface area (Å²) in [7, 11) is 0. The van der Waals surface area contributed by atoms with E-state index in [1.54, 1.807) is 12.1 Å². The van der Waals surface area contributed by atoms with Crippen molar-refractivity contribution >= 4 is 46.4 Å². The predicted octanol–water partition coefficient (Wildman–Crippen LogP) is 4.05. The summed E-state index contributed by atoms with van der Waals surface area (Å²) < 4.78 is 0. The average Bonchev–Trinajstić information content (AvgIpc) is 2.79. The van der Waals surface area contributed by atoms with Crippen LogP contribution in [0, 0.1) is 6.92 Å². The standard InChI is InChI=1S/C17H14Cl2N2O2/c1-10-4-2-3-5-14(10)20-15-9-16(22)21(17(15)23)11-6-7-12(18)13(19)8-11/h2-8,15,20H,9H2,1H3/t15-/m0/s1. The number of imide groups is 1. The van der Waals surface area contributed by atoms with Gasteiger partial charge in [0.15, 0.2) is 0 Å². The molecule has 1 aliphatic heterocycles. The van der Waals surface area contributed by atoms with Gasteiger partial charge in [-0.2, -0.15) is 0 Å². The molecule has 4 nitrogen and oxygen atoms in total. The largest absolute Gasteiger partial charge is 0.373 e. The summed E-state index contributed by atoms with van der Waals surface area (Å²) in [5.74, 6) is -0.559. The number of anilines is 2. The highest BCUT2D eigenvalue weighted by molar-refractivity contribution is 6.42. The fraction of sp³-hybridized carbons (Fsp3) is 0.176. The van der Waals surface area contributed by atoms with E-state index in [1.807, 2.05) is 31.2 Å². The van der Waals surface area contributed by atoms with Crippen molar-refractivity contribution in [1.82, 2.24) is 0 Å². The zero-order chi connectivity index (χ0) is 16.6. The van der Waals surface area contributed by atoms with E-state index < -0.39 is 6.04 Å². The van der Waals surface area contributed by atoms with Gasteiger partial charge < -0.3 is 5.32 Å². The molecule has 1 N–H and O–H groups in total. The summed E-state index contributed by atoms with van der Waals surface area (Å²) in [4.78, 5) is 26.0. The molecular weight excluding hydrogens is 335 g/mol. The lowest BCUT2D eigenvalue weighted by molar-refractivity contribution is -0.121. The first-order chi connectivity index (χ1) is 11.0. The first kappa shape index (κ1) is 15.8. The monoisotopic (exact) mass is 348 g/mol. The van der Waals surface area contributed by atoms with Crippen molar-refractivity contribution in [2.24, 2.45) is 0 Å². The molecule has 2 amide bonds. The Hall–Kier alpha value is -2.04. The third-order valence-electron chi connectivity index (χ3n) is 3.78. The second-order valence-corrected chi connectivity index (χ2v) is 6.20. The quantitative estimate of drug-likeness (QED) is 0.851.